The normalized spacial score (nSPS) is 12.8. The average Bonchev–Trinajstić information content (AvgIpc) is 2.93. The fraction of sp³-hybridized carbons (Fsp3) is 0.0500. The van der Waals surface area contributed by atoms with E-state index in [1.807, 2.05) is 42.5 Å². The minimum atomic E-state index is -0.439. The van der Waals surface area contributed by atoms with E-state index in [1.54, 1.807) is 12.1 Å². The van der Waals surface area contributed by atoms with Crippen LogP contribution in [0.15, 0.2) is 65.6 Å². The lowest BCUT2D eigenvalue weighted by Gasteiger charge is -2.08. The molecular formula is C20H14N2O3S. The standard InChI is InChI=1S/C20H14N2O3S/c23-18(11-26-17-7-3-5-12-4-1-2-6-14(12)17)21-13-8-9-15-16(10-13)20(25)22-19(15)24/h1-10H,11H2,(H,21,23)(H,22,24,25). The van der Waals surface area contributed by atoms with Crippen molar-refractivity contribution in [1.82, 2.24) is 5.32 Å². The minimum Gasteiger partial charge on any atom is -0.325 e. The molecule has 3 aromatic carbocycles. The van der Waals surface area contributed by atoms with Crippen molar-refractivity contribution in [2.75, 3.05) is 11.1 Å². The number of imide groups is 1. The Balaban J connectivity index is 1.46. The second kappa shape index (κ2) is 6.65. The largest absolute Gasteiger partial charge is 0.325 e. The van der Waals surface area contributed by atoms with Gasteiger partial charge in [0.15, 0.2) is 0 Å². The van der Waals surface area contributed by atoms with Crippen molar-refractivity contribution in [3.8, 4) is 0 Å². The molecular weight excluding hydrogens is 348 g/mol. The average molecular weight is 362 g/mol. The van der Waals surface area contributed by atoms with Crippen molar-refractivity contribution >= 4 is 45.9 Å². The van der Waals surface area contributed by atoms with Gasteiger partial charge in [0.2, 0.25) is 5.91 Å². The Labute approximate surface area is 153 Å². The molecule has 26 heavy (non-hydrogen) atoms. The zero-order valence-corrected chi connectivity index (χ0v) is 14.4. The van der Waals surface area contributed by atoms with Gasteiger partial charge < -0.3 is 5.32 Å². The number of hydrogen-bond acceptors (Lipinski definition) is 4. The van der Waals surface area contributed by atoms with E-state index in [1.165, 1.54) is 17.8 Å². The first-order valence-corrected chi connectivity index (χ1v) is 9.00. The number of nitrogens with one attached hydrogen (secondary N) is 2. The summed E-state index contributed by atoms with van der Waals surface area (Å²) in [7, 11) is 0. The first kappa shape index (κ1) is 16.4. The molecule has 0 aliphatic carbocycles. The van der Waals surface area contributed by atoms with E-state index in [9.17, 15) is 14.4 Å². The number of carbonyl (C=O) groups excluding carboxylic acids is 3. The van der Waals surface area contributed by atoms with Gasteiger partial charge in [0.1, 0.15) is 0 Å². The Hall–Kier alpha value is -3.12. The van der Waals surface area contributed by atoms with E-state index in [4.69, 9.17) is 0 Å². The fourth-order valence-electron chi connectivity index (χ4n) is 2.91. The molecule has 0 aromatic heterocycles. The van der Waals surface area contributed by atoms with Gasteiger partial charge in [0.05, 0.1) is 16.9 Å². The summed E-state index contributed by atoms with van der Waals surface area (Å²) in [5.41, 5.74) is 1.12. The molecule has 4 rings (SSSR count). The maximum Gasteiger partial charge on any atom is 0.259 e. The van der Waals surface area contributed by atoms with E-state index in [2.05, 4.69) is 10.6 Å². The number of thioether (sulfide) groups is 1. The topological polar surface area (TPSA) is 75.3 Å². The number of benzene rings is 3. The van der Waals surface area contributed by atoms with Crippen molar-refractivity contribution in [1.29, 1.82) is 0 Å². The number of anilines is 1. The zero-order valence-electron chi connectivity index (χ0n) is 13.6. The summed E-state index contributed by atoms with van der Waals surface area (Å²) in [5.74, 6) is -0.774. The number of rotatable bonds is 4. The summed E-state index contributed by atoms with van der Waals surface area (Å²) in [6.45, 7) is 0. The van der Waals surface area contributed by atoms with Crippen LogP contribution in [0.4, 0.5) is 5.69 Å². The van der Waals surface area contributed by atoms with Crippen molar-refractivity contribution in [2.24, 2.45) is 0 Å². The molecule has 1 heterocycles. The van der Waals surface area contributed by atoms with Gasteiger partial charge >= 0.3 is 0 Å². The van der Waals surface area contributed by atoms with Gasteiger partial charge in [-0.1, -0.05) is 36.4 Å². The van der Waals surface area contributed by atoms with Crippen molar-refractivity contribution in [3.05, 3.63) is 71.8 Å². The molecule has 0 spiro atoms. The fourth-order valence-corrected chi connectivity index (χ4v) is 3.78. The summed E-state index contributed by atoms with van der Waals surface area (Å²) >= 11 is 1.46. The number of amides is 3. The summed E-state index contributed by atoms with van der Waals surface area (Å²) in [4.78, 5) is 36.6. The Kier molecular flexibility index (Phi) is 4.18. The van der Waals surface area contributed by atoms with E-state index in [-0.39, 0.29) is 17.2 Å². The third-order valence-corrected chi connectivity index (χ3v) is 5.20. The van der Waals surface area contributed by atoms with Crippen LogP contribution in [0.2, 0.25) is 0 Å². The Bertz CT molecular complexity index is 1060. The van der Waals surface area contributed by atoms with Gasteiger partial charge in [-0.05, 0) is 35.0 Å². The van der Waals surface area contributed by atoms with Crippen molar-refractivity contribution < 1.29 is 14.4 Å². The van der Waals surface area contributed by atoms with Gasteiger partial charge in [-0.15, -0.1) is 11.8 Å². The van der Waals surface area contributed by atoms with E-state index in [0.717, 1.165) is 15.7 Å². The lowest BCUT2D eigenvalue weighted by atomic mass is 10.1. The quantitative estimate of drug-likeness (QED) is 0.551. The number of fused-ring (bicyclic) bond motifs is 2. The molecule has 0 bridgehead atoms. The Morgan fingerprint density at radius 1 is 0.923 bits per heavy atom. The maximum atomic E-state index is 12.3. The highest BCUT2D eigenvalue weighted by Gasteiger charge is 2.26. The van der Waals surface area contributed by atoms with Crippen molar-refractivity contribution in [3.63, 3.8) is 0 Å². The Morgan fingerprint density at radius 3 is 2.58 bits per heavy atom. The summed E-state index contributed by atoms with van der Waals surface area (Å²) in [5, 5.41) is 7.25. The third-order valence-electron chi connectivity index (χ3n) is 4.13. The molecule has 128 valence electrons. The second-order valence-electron chi connectivity index (χ2n) is 5.86. The molecule has 0 atom stereocenters. The van der Waals surface area contributed by atoms with E-state index < -0.39 is 11.8 Å². The van der Waals surface area contributed by atoms with Crippen LogP contribution >= 0.6 is 11.8 Å². The molecule has 1 aliphatic rings. The molecule has 0 unspecified atom stereocenters. The van der Waals surface area contributed by atoms with Crippen LogP contribution in [0.5, 0.6) is 0 Å². The molecule has 3 amide bonds. The monoisotopic (exact) mass is 362 g/mol. The number of carbonyl (C=O) groups is 3. The SMILES string of the molecule is O=C(CSc1cccc2ccccc12)Nc1ccc2c(c1)C(=O)NC2=O. The van der Waals surface area contributed by atoms with Gasteiger partial charge in [0, 0.05) is 10.6 Å². The van der Waals surface area contributed by atoms with Crippen LogP contribution in [0, 0.1) is 0 Å². The molecule has 5 nitrogen and oxygen atoms in total. The first-order chi connectivity index (χ1) is 12.6. The van der Waals surface area contributed by atoms with Gasteiger partial charge in [0.25, 0.3) is 11.8 Å². The first-order valence-electron chi connectivity index (χ1n) is 8.02. The molecule has 0 fully saturated rings. The van der Waals surface area contributed by atoms with Crippen molar-refractivity contribution in [2.45, 2.75) is 4.90 Å². The Morgan fingerprint density at radius 2 is 1.69 bits per heavy atom. The van der Waals surface area contributed by atoms with E-state index >= 15 is 0 Å². The molecule has 1 aliphatic heterocycles. The lowest BCUT2D eigenvalue weighted by molar-refractivity contribution is -0.113. The van der Waals surface area contributed by atoms with Crippen LogP contribution in [-0.2, 0) is 4.79 Å². The molecule has 2 N–H and O–H groups in total. The highest BCUT2D eigenvalue weighted by molar-refractivity contribution is 8.00. The van der Waals surface area contributed by atoms with Gasteiger partial charge in [-0.3, -0.25) is 19.7 Å². The highest BCUT2D eigenvalue weighted by atomic mass is 32.2. The van der Waals surface area contributed by atoms with Crippen LogP contribution in [0.3, 0.4) is 0 Å². The molecule has 6 heteroatoms. The minimum absolute atomic E-state index is 0.174. The third kappa shape index (κ3) is 3.07. The van der Waals surface area contributed by atoms with Crippen LogP contribution in [-0.4, -0.2) is 23.5 Å². The summed E-state index contributed by atoms with van der Waals surface area (Å²) in [6, 6.07) is 18.7. The molecule has 0 saturated carbocycles. The smallest absolute Gasteiger partial charge is 0.259 e. The predicted molar refractivity (Wildman–Crippen MR) is 102 cm³/mol. The summed E-state index contributed by atoms with van der Waals surface area (Å²) in [6.07, 6.45) is 0. The second-order valence-corrected chi connectivity index (χ2v) is 6.87. The van der Waals surface area contributed by atoms with Crippen LogP contribution in [0.1, 0.15) is 20.7 Å². The summed E-state index contributed by atoms with van der Waals surface area (Å²) < 4.78 is 0. The van der Waals surface area contributed by atoms with Crippen LogP contribution < -0.4 is 10.6 Å². The van der Waals surface area contributed by atoms with Gasteiger partial charge in [-0.25, -0.2) is 0 Å². The lowest BCUT2D eigenvalue weighted by Crippen LogP contribution is -2.19. The van der Waals surface area contributed by atoms with Crippen LogP contribution in [0.25, 0.3) is 10.8 Å². The maximum absolute atomic E-state index is 12.3. The molecule has 3 aromatic rings. The number of hydrogen-bond donors (Lipinski definition) is 2. The van der Waals surface area contributed by atoms with Gasteiger partial charge in [-0.2, -0.15) is 0 Å². The highest BCUT2D eigenvalue weighted by Crippen LogP contribution is 2.28. The molecule has 0 saturated heterocycles. The zero-order chi connectivity index (χ0) is 18.1. The predicted octanol–water partition coefficient (Wildman–Crippen LogP) is 3.45. The molecule has 0 radical (unpaired) electrons. The van der Waals surface area contributed by atoms with E-state index in [0.29, 0.717) is 11.3 Å².